The zero-order valence-electron chi connectivity index (χ0n) is 13.4. The highest BCUT2D eigenvalue weighted by Crippen LogP contribution is 2.09. The molecule has 1 unspecified atom stereocenters. The van der Waals surface area contributed by atoms with E-state index >= 15 is 0 Å². The molecule has 0 aliphatic heterocycles. The molecule has 0 fully saturated rings. The van der Waals surface area contributed by atoms with Gasteiger partial charge in [0.05, 0.1) is 0 Å². The van der Waals surface area contributed by atoms with Crippen LogP contribution in [-0.4, -0.2) is 18.2 Å². The predicted octanol–water partition coefficient (Wildman–Crippen LogP) is 4.22. The molecule has 0 rings (SSSR count). The summed E-state index contributed by atoms with van der Waals surface area (Å²) in [5.41, 5.74) is 0. The third-order valence-corrected chi connectivity index (χ3v) is 2.99. The summed E-state index contributed by atoms with van der Waals surface area (Å²) in [5, 5.41) is 0. The van der Waals surface area contributed by atoms with Crippen molar-refractivity contribution >= 4 is 11.9 Å². The maximum absolute atomic E-state index is 11.5. The number of carbonyl (C=O) groups is 2. The van der Waals surface area contributed by atoms with Gasteiger partial charge >= 0.3 is 11.9 Å². The molecular formula is C16H30O4. The van der Waals surface area contributed by atoms with Crippen LogP contribution in [0.25, 0.3) is 0 Å². The molecular weight excluding hydrogens is 256 g/mol. The number of hydrogen-bond acceptors (Lipinski definition) is 4. The molecule has 0 radical (unpaired) electrons. The zero-order valence-corrected chi connectivity index (χ0v) is 13.4. The van der Waals surface area contributed by atoms with Crippen LogP contribution in [0, 0.1) is 5.92 Å². The number of hydrogen-bond donors (Lipinski definition) is 0. The van der Waals surface area contributed by atoms with Crippen molar-refractivity contribution in [3.63, 3.8) is 0 Å². The van der Waals surface area contributed by atoms with Crippen molar-refractivity contribution in [2.24, 2.45) is 5.92 Å². The summed E-state index contributed by atoms with van der Waals surface area (Å²) in [6.45, 7) is 7.95. The second-order valence-electron chi connectivity index (χ2n) is 5.64. The first-order valence-corrected chi connectivity index (χ1v) is 7.84. The fourth-order valence-corrected chi connectivity index (χ4v) is 1.86. The second-order valence-corrected chi connectivity index (χ2v) is 5.64. The number of carbonyl (C=O) groups excluding carboxylic acids is 2. The van der Waals surface area contributed by atoms with E-state index < -0.39 is 6.29 Å². The molecule has 20 heavy (non-hydrogen) atoms. The van der Waals surface area contributed by atoms with Crippen molar-refractivity contribution in [3.8, 4) is 0 Å². The van der Waals surface area contributed by atoms with Crippen LogP contribution in [0.3, 0.4) is 0 Å². The van der Waals surface area contributed by atoms with Gasteiger partial charge in [-0.25, -0.2) is 0 Å². The molecule has 4 heteroatoms. The van der Waals surface area contributed by atoms with Crippen LogP contribution in [0.2, 0.25) is 0 Å². The molecule has 0 saturated carbocycles. The smallest absolute Gasteiger partial charge is 0.308 e. The molecule has 0 amide bonds. The zero-order chi connectivity index (χ0) is 15.4. The summed E-state index contributed by atoms with van der Waals surface area (Å²) >= 11 is 0. The van der Waals surface area contributed by atoms with E-state index in [0.29, 0.717) is 18.8 Å². The van der Waals surface area contributed by atoms with Gasteiger partial charge in [0.2, 0.25) is 6.29 Å². The fraction of sp³-hybridized carbons (Fsp3) is 0.875. The number of esters is 2. The Morgan fingerprint density at radius 1 is 0.850 bits per heavy atom. The average Bonchev–Trinajstić information content (AvgIpc) is 2.33. The van der Waals surface area contributed by atoms with E-state index in [0.717, 1.165) is 38.5 Å². The Morgan fingerprint density at radius 2 is 1.40 bits per heavy atom. The van der Waals surface area contributed by atoms with Gasteiger partial charge in [-0.15, -0.1) is 0 Å². The third-order valence-electron chi connectivity index (χ3n) is 2.99. The minimum atomic E-state index is -0.778. The van der Waals surface area contributed by atoms with E-state index in [1.165, 1.54) is 0 Å². The Morgan fingerprint density at radius 3 is 1.90 bits per heavy atom. The third kappa shape index (κ3) is 12.0. The van der Waals surface area contributed by atoms with Gasteiger partial charge in [0.15, 0.2) is 0 Å². The number of rotatable bonds is 11. The first-order valence-electron chi connectivity index (χ1n) is 7.84. The van der Waals surface area contributed by atoms with Crippen molar-refractivity contribution in [2.45, 2.75) is 85.4 Å². The molecule has 0 aromatic carbocycles. The van der Waals surface area contributed by atoms with E-state index in [4.69, 9.17) is 9.47 Å². The summed E-state index contributed by atoms with van der Waals surface area (Å²) in [6, 6.07) is 0. The number of unbranched alkanes of at least 4 members (excludes halogenated alkanes) is 3. The second kappa shape index (κ2) is 11.7. The quantitative estimate of drug-likeness (QED) is 0.324. The van der Waals surface area contributed by atoms with Gasteiger partial charge in [0.25, 0.3) is 0 Å². The molecule has 0 heterocycles. The highest BCUT2D eigenvalue weighted by Gasteiger charge is 2.13. The molecule has 1 atom stereocenters. The lowest BCUT2D eigenvalue weighted by molar-refractivity contribution is -0.184. The van der Waals surface area contributed by atoms with Crippen molar-refractivity contribution in [1.82, 2.24) is 0 Å². The molecule has 0 aromatic heterocycles. The van der Waals surface area contributed by atoms with Gasteiger partial charge in [-0.05, 0) is 18.8 Å². The SMILES string of the molecule is CCCCCCC(=O)OC(C)OC(=O)CCCC(C)C. The van der Waals surface area contributed by atoms with Crippen molar-refractivity contribution in [3.05, 3.63) is 0 Å². The summed E-state index contributed by atoms with van der Waals surface area (Å²) in [4.78, 5) is 23.0. The first-order chi connectivity index (χ1) is 9.45. The van der Waals surface area contributed by atoms with Crippen LogP contribution in [-0.2, 0) is 19.1 Å². The van der Waals surface area contributed by atoms with Gasteiger partial charge in [0.1, 0.15) is 0 Å². The van der Waals surface area contributed by atoms with Crippen molar-refractivity contribution in [2.75, 3.05) is 0 Å². The normalized spacial score (nSPS) is 12.2. The Labute approximate surface area is 123 Å². The van der Waals surface area contributed by atoms with Gasteiger partial charge in [-0.1, -0.05) is 46.5 Å². The van der Waals surface area contributed by atoms with Gasteiger partial charge in [0, 0.05) is 19.8 Å². The minimum absolute atomic E-state index is 0.288. The summed E-state index contributed by atoms with van der Waals surface area (Å²) in [6.07, 6.45) is 5.96. The summed E-state index contributed by atoms with van der Waals surface area (Å²) in [5.74, 6) is 0.00156. The highest BCUT2D eigenvalue weighted by molar-refractivity contribution is 5.71. The molecule has 0 spiro atoms. The van der Waals surface area contributed by atoms with E-state index in [-0.39, 0.29) is 11.9 Å². The molecule has 118 valence electrons. The topological polar surface area (TPSA) is 52.6 Å². The highest BCUT2D eigenvalue weighted by atomic mass is 16.7. The van der Waals surface area contributed by atoms with E-state index in [9.17, 15) is 9.59 Å². The largest absolute Gasteiger partial charge is 0.425 e. The van der Waals surface area contributed by atoms with Crippen LogP contribution in [0.5, 0.6) is 0 Å². The lowest BCUT2D eigenvalue weighted by Crippen LogP contribution is -2.21. The maximum atomic E-state index is 11.5. The van der Waals surface area contributed by atoms with E-state index in [1.54, 1.807) is 6.92 Å². The van der Waals surface area contributed by atoms with Crippen LogP contribution < -0.4 is 0 Å². The standard InChI is InChI=1S/C16H30O4/c1-5-6-7-8-11-15(17)19-14(4)20-16(18)12-9-10-13(2)3/h13-14H,5-12H2,1-4H3. The van der Waals surface area contributed by atoms with Crippen LogP contribution in [0.15, 0.2) is 0 Å². The Bertz CT molecular complexity index is 274. The summed E-state index contributed by atoms with van der Waals surface area (Å²) in [7, 11) is 0. The van der Waals surface area contributed by atoms with Gasteiger partial charge in [-0.2, -0.15) is 0 Å². The first kappa shape index (κ1) is 18.9. The van der Waals surface area contributed by atoms with Gasteiger partial charge < -0.3 is 9.47 Å². The molecule has 0 aromatic rings. The van der Waals surface area contributed by atoms with Crippen LogP contribution in [0.4, 0.5) is 0 Å². The average molecular weight is 286 g/mol. The lowest BCUT2D eigenvalue weighted by Gasteiger charge is -2.14. The summed E-state index contributed by atoms with van der Waals surface area (Å²) < 4.78 is 10.1. The molecule has 4 nitrogen and oxygen atoms in total. The lowest BCUT2D eigenvalue weighted by atomic mass is 10.1. The van der Waals surface area contributed by atoms with E-state index in [2.05, 4.69) is 20.8 Å². The number of ether oxygens (including phenoxy) is 2. The molecule has 0 saturated heterocycles. The molecule has 0 bridgehead atoms. The van der Waals surface area contributed by atoms with Crippen LogP contribution >= 0.6 is 0 Å². The molecule has 0 N–H and O–H groups in total. The molecule has 0 aliphatic carbocycles. The van der Waals surface area contributed by atoms with Gasteiger partial charge in [-0.3, -0.25) is 9.59 Å². The fourth-order valence-electron chi connectivity index (χ4n) is 1.86. The van der Waals surface area contributed by atoms with Crippen molar-refractivity contribution in [1.29, 1.82) is 0 Å². The maximum Gasteiger partial charge on any atom is 0.308 e. The Balaban J connectivity index is 3.67. The molecule has 0 aliphatic rings. The van der Waals surface area contributed by atoms with E-state index in [1.807, 2.05) is 0 Å². The van der Waals surface area contributed by atoms with Crippen LogP contribution in [0.1, 0.15) is 79.1 Å². The monoisotopic (exact) mass is 286 g/mol. The minimum Gasteiger partial charge on any atom is -0.425 e. The Hall–Kier alpha value is -1.06. The van der Waals surface area contributed by atoms with Crippen molar-refractivity contribution < 1.29 is 19.1 Å². The Kier molecular flexibility index (Phi) is 11.1. The predicted molar refractivity (Wildman–Crippen MR) is 79.1 cm³/mol.